The smallest absolute Gasteiger partial charge is 0.306 e. The van der Waals surface area contributed by atoms with Crippen molar-refractivity contribution >= 4 is 5.97 Å². The van der Waals surface area contributed by atoms with Crippen LogP contribution >= 0.6 is 0 Å². The number of allylic oxidation sites excluding steroid dienone is 2. The van der Waals surface area contributed by atoms with Crippen LogP contribution in [0.4, 0.5) is 0 Å². The van der Waals surface area contributed by atoms with E-state index in [9.17, 15) is 4.79 Å². The topological polar surface area (TPSA) is 35.5 Å². The molecule has 254 valence electrons. The van der Waals surface area contributed by atoms with Gasteiger partial charge in [-0.25, -0.2) is 0 Å². The van der Waals surface area contributed by atoms with Gasteiger partial charge in [0.05, 0.1) is 5.76 Å². The normalized spacial score (nSPS) is 12.4. The van der Waals surface area contributed by atoms with Crippen molar-refractivity contribution in [1.82, 2.24) is 0 Å². The molecular formula is C40H76O3. The number of carbonyl (C=O) groups is 1. The van der Waals surface area contributed by atoms with Gasteiger partial charge >= 0.3 is 5.97 Å². The van der Waals surface area contributed by atoms with E-state index in [1.807, 2.05) is 0 Å². The molecule has 0 aliphatic rings. The summed E-state index contributed by atoms with van der Waals surface area (Å²) in [5.74, 6) is 1.79. The first-order chi connectivity index (χ1) is 21.1. The molecule has 3 heteroatoms. The Morgan fingerprint density at radius 3 is 1.33 bits per heavy atom. The first-order valence-electron chi connectivity index (χ1n) is 19.3. The van der Waals surface area contributed by atoms with E-state index < -0.39 is 0 Å². The summed E-state index contributed by atoms with van der Waals surface area (Å²) < 4.78 is 12.4. The van der Waals surface area contributed by atoms with Crippen molar-refractivity contribution in [2.24, 2.45) is 0 Å². The van der Waals surface area contributed by atoms with Crippen LogP contribution in [0.5, 0.6) is 0 Å². The predicted octanol–water partition coefficient (Wildman–Crippen LogP) is 14.1. The Balaban J connectivity index is 4.76. The highest BCUT2D eigenvalue weighted by atomic mass is 16.5. The number of hydrogen-bond donors (Lipinski definition) is 0. The van der Waals surface area contributed by atoms with Gasteiger partial charge in [-0.1, -0.05) is 176 Å². The second-order valence-corrected chi connectivity index (χ2v) is 13.1. The molecule has 0 bridgehead atoms. The molecule has 0 amide bonds. The van der Waals surface area contributed by atoms with Gasteiger partial charge in [-0.05, 0) is 38.2 Å². The van der Waals surface area contributed by atoms with Gasteiger partial charge in [0.25, 0.3) is 0 Å². The van der Waals surface area contributed by atoms with E-state index in [4.69, 9.17) is 9.47 Å². The first-order valence-corrected chi connectivity index (χ1v) is 19.3. The van der Waals surface area contributed by atoms with Gasteiger partial charge in [0.1, 0.15) is 11.9 Å². The molecule has 0 aliphatic carbocycles. The summed E-state index contributed by atoms with van der Waals surface area (Å²) in [5, 5.41) is 0. The highest BCUT2D eigenvalue weighted by molar-refractivity contribution is 5.69. The van der Waals surface area contributed by atoms with Crippen molar-refractivity contribution in [1.29, 1.82) is 0 Å². The zero-order valence-electron chi connectivity index (χ0n) is 29.8. The Hall–Kier alpha value is -1.25. The quantitative estimate of drug-likeness (QED) is 0.0416. The number of hydrogen-bond acceptors (Lipinski definition) is 3. The van der Waals surface area contributed by atoms with Gasteiger partial charge in [-0.3, -0.25) is 4.79 Å². The maximum Gasteiger partial charge on any atom is 0.306 e. The molecule has 0 heterocycles. The average molecular weight is 605 g/mol. The van der Waals surface area contributed by atoms with Gasteiger partial charge in [0.2, 0.25) is 0 Å². The standard InChI is InChI=1S/C40H76O3/c1-6-10-14-17-20-22-24-26-29-32-37(5)42-38(34-30-27-19-16-12-8-3)36-39(33-13-9-4)43-40(41)35-31-28-25-23-21-18-15-11-7-2/h36,39H,5-35H2,1-4H3/b38-36-. The molecule has 0 aliphatic heterocycles. The number of esters is 1. The van der Waals surface area contributed by atoms with Crippen LogP contribution in [0.1, 0.15) is 220 Å². The lowest BCUT2D eigenvalue weighted by atomic mass is 10.1. The van der Waals surface area contributed by atoms with E-state index in [1.54, 1.807) is 0 Å². The van der Waals surface area contributed by atoms with Gasteiger partial charge in [-0.2, -0.15) is 0 Å². The van der Waals surface area contributed by atoms with Crippen LogP contribution in [0.15, 0.2) is 24.2 Å². The van der Waals surface area contributed by atoms with Crippen molar-refractivity contribution in [3.63, 3.8) is 0 Å². The van der Waals surface area contributed by atoms with Crippen LogP contribution in [0.2, 0.25) is 0 Å². The molecule has 3 nitrogen and oxygen atoms in total. The monoisotopic (exact) mass is 605 g/mol. The Morgan fingerprint density at radius 2 is 0.884 bits per heavy atom. The molecule has 1 unspecified atom stereocenters. The summed E-state index contributed by atoms with van der Waals surface area (Å²) in [7, 11) is 0. The Labute approximate surface area is 270 Å². The second-order valence-electron chi connectivity index (χ2n) is 13.1. The molecule has 43 heavy (non-hydrogen) atoms. The predicted molar refractivity (Wildman–Crippen MR) is 189 cm³/mol. The summed E-state index contributed by atoms with van der Waals surface area (Å²) in [6.07, 6.45) is 38.1. The summed E-state index contributed by atoms with van der Waals surface area (Å²) in [4.78, 5) is 12.8. The van der Waals surface area contributed by atoms with E-state index in [-0.39, 0.29) is 12.1 Å². The minimum absolute atomic E-state index is 0.0484. The molecule has 0 aromatic rings. The third kappa shape index (κ3) is 30.6. The fourth-order valence-corrected chi connectivity index (χ4v) is 5.71. The van der Waals surface area contributed by atoms with Crippen LogP contribution in [0, 0.1) is 0 Å². The molecule has 0 aromatic heterocycles. The minimum Gasteiger partial charge on any atom is -0.467 e. The van der Waals surface area contributed by atoms with Crippen LogP contribution in [0.25, 0.3) is 0 Å². The van der Waals surface area contributed by atoms with Crippen LogP contribution < -0.4 is 0 Å². The van der Waals surface area contributed by atoms with Crippen molar-refractivity contribution in [2.75, 3.05) is 0 Å². The lowest BCUT2D eigenvalue weighted by molar-refractivity contribution is -0.147. The number of carbonyl (C=O) groups excluding carboxylic acids is 1. The lowest BCUT2D eigenvalue weighted by Gasteiger charge is -2.18. The Kier molecular flexibility index (Phi) is 32.7. The fraction of sp³-hybridized carbons (Fsp3) is 0.875. The second kappa shape index (κ2) is 33.6. The maximum absolute atomic E-state index is 12.8. The molecule has 0 fully saturated rings. The lowest BCUT2D eigenvalue weighted by Crippen LogP contribution is -2.17. The number of unbranched alkanes of at least 4 members (excludes halogenated alkanes) is 22. The van der Waals surface area contributed by atoms with E-state index in [2.05, 4.69) is 40.3 Å². The van der Waals surface area contributed by atoms with Gasteiger partial charge < -0.3 is 9.47 Å². The zero-order valence-corrected chi connectivity index (χ0v) is 29.8. The van der Waals surface area contributed by atoms with E-state index in [0.29, 0.717) is 6.42 Å². The van der Waals surface area contributed by atoms with Gasteiger partial charge in [-0.15, -0.1) is 0 Å². The van der Waals surface area contributed by atoms with Crippen molar-refractivity contribution in [3.8, 4) is 0 Å². The SMILES string of the molecule is C=C(CCCCCCCCCCC)O/C(=C\C(CCCC)OC(=O)CCCCCCCCCCC)CCCCCCCC. The molecule has 1 atom stereocenters. The third-order valence-corrected chi connectivity index (χ3v) is 8.59. The summed E-state index contributed by atoms with van der Waals surface area (Å²) in [6.45, 7) is 13.3. The fourth-order valence-electron chi connectivity index (χ4n) is 5.71. The summed E-state index contributed by atoms with van der Waals surface area (Å²) in [5.41, 5.74) is 0. The molecule has 0 saturated carbocycles. The Bertz CT molecular complexity index is 638. The van der Waals surface area contributed by atoms with Crippen molar-refractivity contribution in [3.05, 3.63) is 24.2 Å². The summed E-state index contributed by atoms with van der Waals surface area (Å²) >= 11 is 0. The van der Waals surface area contributed by atoms with Crippen LogP contribution in [-0.2, 0) is 14.3 Å². The van der Waals surface area contributed by atoms with Crippen molar-refractivity contribution < 1.29 is 14.3 Å². The largest absolute Gasteiger partial charge is 0.467 e. The molecule has 0 saturated heterocycles. The highest BCUT2D eigenvalue weighted by Crippen LogP contribution is 2.22. The first kappa shape index (κ1) is 41.8. The van der Waals surface area contributed by atoms with Crippen LogP contribution in [0.3, 0.4) is 0 Å². The van der Waals surface area contributed by atoms with E-state index in [0.717, 1.165) is 69.3 Å². The van der Waals surface area contributed by atoms with E-state index >= 15 is 0 Å². The maximum atomic E-state index is 12.8. The molecule has 0 N–H and O–H groups in total. The zero-order chi connectivity index (χ0) is 31.6. The molecule has 0 rings (SSSR count). The Morgan fingerprint density at radius 1 is 0.512 bits per heavy atom. The molecule has 0 aromatic carbocycles. The van der Waals surface area contributed by atoms with Gasteiger partial charge in [0, 0.05) is 19.3 Å². The number of ether oxygens (including phenoxy) is 2. The van der Waals surface area contributed by atoms with E-state index in [1.165, 1.54) is 128 Å². The number of rotatable bonds is 34. The minimum atomic E-state index is -0.193. The van der Waals surface area contributed by atoms with Gasteiger partial charge in [0.15, 0.2) is 0 Å². The third-order valence-electron chi connectivity index (χ3n) is 8.59. The summed E-state index contributed by atoms with van der Waals surface area (Å²) in [6, 6.07) is 0. The van der Waals surface area contributed by atoms with Crippen LogP contribution in [-0.4, -0.2) is 12.1 Å². The van der Waals surface area contributed by atoms with Crippen molar-refractivity contribution in [2.45, 2.75) is 226 Å². The average Bonchev–Trinajstić information content (AvgIpc) is 2.99. The molecule has 0 radical (unpaired) electrons. The molecular weight excluding hydrogens is 528 g/mol. The highest BCUT2D eigenvalue weighted by Gasteiger charge is 2.15. The molecule has 0 spiro atoms.